The summed E-state index contributed by atoms with van der Waals surface area (Å²) in [6, 6.07) is 8.91. The lowest BCUT2D eigenvalue weighted by Gasteiger charge is -2.18. The maximum Gasteiger partial charge on any atom is 0.271 e. The van der Waals surface area contributed by atoms with Crippen LogP contribution in [0.25, 0.3) is 5.69 Å². The van der Waals surface area contributed by atoms with E-state index in [0.29, 0.717) is 17.3 Å². The van der Waals surface area contributed by atoms with Crippen molar-refractivity contribution in [2.24, 2.45) is 5.73 Å². The summed E-state index contributed by atoms with van der Waals surface area (Å²) < 4.78 is 1.61. The molecule has 1 amide bonds. The first-order chi connectivity index (χ1) is 9.35. The highest BCUT2D eigenvalue weighted by molar-refractivity contribution is 6.30. The van der Waals surface area contributed by atoms with Crippen LogP contribution in [-0.4, -0.2) is 27.8 Å². The second-order valence-corrected chi connectivity index (χ2v) is 5.73. The van der Waals surface area contributed by atoms with E-state index in [2.05, 4.69) is 10.4 Å². The molecule has 1 aromatic carbocycles. The van der Waals surface area contributed by atoms with Crippen LogP contribution in [0.5, 0.6) is 0 Å². The third-order valence-corrected chi connectivity index (χ3v) is 2.83. The minimum absolute atomic E-state index is 0.246. The summed E-state index contributed by atoms with van der Waals surface area (Å²) >= 11 is 5.93. The van der Waals surface area contributed by atoms with E-state index in [4.69, 9.17) is 17.3 Å². The second-order valence-electron chi connectivity index (χ2n) is 5.30. The van der Waals surface area contributed by atoms with Crippen LogP contribution in [0.4, 0.5) is 0 Å². The number of hydrogen-bond donors (Lipinski definition) is 2. The van der Waals surface area contributed by atoms with E-state index in [1.54, 1.807) is 29.1 Å². The molecule has 6 heteroatoms. The highest BCUT2D eigenvalue weighted by atomic mass is 35.5. The average molecular weight is 293 g/mol. The molecule has 20 heavy (non-hydrogen) atoms. The standard InChI is InChI=1S/C14H17ClN4O/c1-14(2,16)9-17-13(20)12-6-7-19(18-12)11-5-3-4-10(15)8-11/h3-8H,9,16H2,1-2H3,(H,17,20). The number of nitrogens with two attached hydrogens (primary N) is 1. The molecule has 106 valence electrons. The summed E-state index contributed by atoms with van der Waals surface area (Å²) in [5.41, 5.74) is 6.51. The molecular weight excluding hydrogens is 276 g/mol. The Morgan fingerprint density at radius 1 is 1.45 bits per heavy atom. The molecule has 0 spiro atoms. The molecule has 2 rings (SSSR count). The van der Waals surface area contributed by atoms with E-state index in [1.807, 2.05) is 26.0 Å². The Kier molecular flexibility index (Phi) is 4.11. The van der Waals surface area contributed by atoms with Crippen LogP contribution in [-0.2, 0) is 0 Å². The predicted octanol–water partition coefficient (Wildman–Crippen LogP) is 1.99. The van der Waals surface area contributed by atoms with Gasteiger partial charge in [-0.25, -0.2) is 4.68 Å². The van der Waals surface area contributed by atoms with Crippen molar-refractivity contribution in [2.75, 3.05) is 6.54 Å². The van der Waals surface area contributed by atoms with Gasteiger partial charge in [-0.2, -0.15) is 5.10 Å². The van der Waals surface area contributed by atoms with Gasteiger partial charge in [0.05, 0.1) is 5.69 Å². The zero-order chi connectivity index (χ0) is 14.8. The van der Waals surface area contributed by atoms with Crippen molar-refractivity contribution < 1.29 is 4.79 Å². The van der Waals surface area contributed by atoms with Gasteiger partial charge in [-0.3, -0.25) is 4.79 Å². The minimum Gasteiger partial charge on any atom is -0.349 e. The van der Waals surface area contributed by atoms with E-state index < -0.39 is 5.54 Å². The Hall–Kier alpha value is -1.85. The van der Waals surface area contributed by atoms with E-state index in [-0.39, 0.29) is 5.91 Å². The number of carbonyl (C=O) groups is 1. The molecule has 0 aliphatic rings. The lowest BCUT2D eigenvalue weighted by molar-refractivity contribution is 0.0940. The lowest BCUT2D eigenvalue weighted by atomic mass is 10.1. The third-order valence-electron chi connectivity index (χ3n) is 2.60. The Morgan fingerprint density at radius 3 is 2.85 bits per heavy atom. The number of nitrogens with zero attached hydrogens (tertiary/aromatic N) is 2. The number of hydrogen-bond acceptors (Lipinski definition) is 3. The van der Waals surface area contributed by atoms with Gasteiger partial charge in [-0.1, -0.05) is 17.7 Å². The van der Waals surface area contributed by atoms with Crippen molar-refractivity contribution >= 4 is 17.5 Å². The summed E-state index contributed by atoms with van der Waals surface area (Å²) in [6.07, 6.45) is 1.72. The molecular formula is C14H17ClN4O. The summed E-state index contributed by atoms with van der Waals surface area (Å²) in [4.78, 5) is 11.9. The van der Waals surface area contributed by atoms with E-state index in [0.717, 1.165) is 5.69 Å². The maximum absolute atomic E-state index is 11.9. The first kappa shape index (κ1) is 14.6. The molecule has 2 aromatic rings. The molecule has 1 aromatic heterocycles. The first-order valence-electron chi connectivity index (χ1n) is 6.24. The predicted molar refractivity (Wildman–Crippen MR) is 79.2 cm³/mol. The number of amides is 1. The summed E-state index contributed by atoms with van der Waals surface area (Å²) in [6.45, 7) is 4.07. The van der Waals surface area contributed by atoms with Gasteiger partial charge in [0, 0.05) is 23.3 Å². The smallest absolute Gasteiger partial charge is 0.271 e. The molecule has 0 aliphatic carbocycles. The largest absolute Gasteiger partial charge is 0.349 e. The summed E-state index contributed by atoms with van der Waals surface area (Å²) in [5, 5.41) is 7.60. The lowest BCUT2D eigenvalue weighted by Crippen LogP contribution is -2.45. The van der Waals surface area contributed by atoms with Crippen LogP contribution in [0.1, 0.15) is 24.3 Å². The Bertz CT molecular complexity index is 616. The number of nitrogens with one attached hydrogen (secondary N) is 1. The van der Waals surface area contributed by atoms with Crippen LogP contribution in [0.3, 0.4) is 0 Å². The fourth-order valence-corrected chi connectivity index (χ4v) is 1.79. The Labute approximate surface area is 122 Å². The zero-order valence-corrected chi connectivity index (χ0v) is 12.2. The molecule has 0 unspecified atom stereocenters. The highest BCUT2D eigenvalue weighted by Crippen LogP contribution is 2.14. The van der Waals surface area contributed by atoms with Gasteiger partial charge in [0.25, 0.3) is 5.91 Å². The normalized spacial score (nSPS) is 11.4. The summed E-state index contributed by atoms with van der Waals surface area (Å²) in [7, 11) is 0. The van der Waals surface area contributed by atoms with Gasteiger partial charge in [-0.05, 0) is 38.1 Å². The molecule has 0 saturated carbocycles. The average Bonchev–Trinajstić information content (AvgIpc) is 2.84. The van der Waals surface area contributed by atoms with Gasteiger partial charge in [-0.15, -0.1) is 0 Å². The van der Waals surface area contributed by atoms with E-state index >= 15 is 0 Å². The van der Waals surface area contributed by atoms with Gasteiger partial charge < -0.3 is 11.1 Å². The minimum atomic E-state index is -0.453. The summed E-state index contributed by atoms with van der Waals surface area (Å²) in [5.74, 6) is -0.246. The number of halogens is 1. The van der Waals surface area contributed by atoms with E-state index in [1.165, 1.54) is 0 Å². The molecule has 0 atom stereocenters. The molecule has 3 N–H and O–H groups in total. The SMILES string of the molecule is CC(C)(N)CNC(=O)c1ccn(-c2cccc(Cl)c2)n1. The highest BCUT2D eigenvalue weighted by Gasteiger charge is 2.15. The van der Waals surface area contributed by atoms with Gasteiger partial charge in [0.15, 0.2) is 5.69 Å². The van der Waals surface area contributed by atoms with Crippen LogP contribution in [0, 0.1) is 0 Å². The molecule has 0 fully saturated rings. The van der Waals surface area contributed by atoms with Gasteiger partial charge >= 0.3 is 0 Å². The number of carbonyl (C=O) groups excluding carboxylic acids is 1. The first-order valence-corrected chi connectivity index (χ1v) is 6.62. The zero-order valence-electron chi connectivity index (χ0n) is 11.4. The van der Waals surface area contributed by atoms with Crippen LogP contribution < -0.4 is 11.1 Å². The molecule has 1 heterocycles. The molecule has 0 saturated heterocycles. The molecule has 5 nitrogen and oxygen atoms in total. The van der Waals surface area contributed by atoms with E-state index in [9.17, 15) is 4.79 Å². The van der Waals surface area contributed by atoms with Gasteiger partial charge in [0.2, 0.25) is 0 Å². The molecule has 0 bridgehead atoms. The monoisotopic (exact) mass is 292 g/mol. The van der Waals surface area contributed by atoms with Crippen LogP contribution >= 0.6 is 11.6 Å². The molecule has 0 radical (unpaired) electrons. The van der Waals surface area contributed by atoms with Gasteiger partial charge in [0.1, 0.15) is 0 Å². The Balaban J connectivity index is 2.11. The quantitative estimate of drug-likeness (QED) is 0.905. The number of aromatic nitrogens is 2. The van der Waals surface area contributed by atoms with Crippen molar-refractivity contribution in [2.45, 2.75) is 19.4 Å². The number of rotatable bonds is 4. The third kappa shape index (κ3) is 3.82. The fraction of sp³-hybridized carbons (Fsp3) is 0.286. The fourth-order valence-electron chi connectivity index (χ4n) is 1.61. The number of benzene rings is 1. The maximum atomic E-state index is 11.9. The van der Waals surface area contributed by atoms with Crippen LogP contribution in [0.15, 0.2) is 36.5 Å². The van der Waals surface area contributed by atoms with Crippen molar-refractivity contribution in [1.82, 2.24) is 15.1 Å². The Morgan fingerprint density at radius 2 is 2.20 bits per heavy atom. The van der Waals surface area contributed by atoms with Crippen molar-refractivity contribution in [3.05, 3.63) is 47.2 Å². The topological polar surface area (TPSA) is 72.9 Å². The van der Waals surface area contributed by atoms with Crippen LogP contribution in [0.2, 0.25) is 5.02 Å². The van der Waals surface area contributed by atoms with Crippen molar-refractivity contribution in [3.63, 3.8) is 0 Å². The van der Waals surface area contributed by atoms with Crippen molar-refractivity contribution in [1.29, 1.82) is 0 Å². The van der Waals surface area contributed by atoms with Crippen molar-refractivity contribution in [3.8, 4) is 5.69 Å². The molecule has 0 aliphatic heterocycles. The second kappa shape index (κ2) is 5.64.